The highest BCUT2D eigenvalue weighted by molar-refractivity contribution is 6.10. The zero-order chi connectivity index (χ0) is 13.2. The molecule has 3 rings (SSSR count). The third-order valence-electron chi connectivity index (χ3n) is 3.99. The number of para-hydroxylation sites is 1. The quantitative estimate of drug-likeness (QED) is 0.856. The molecular weight excluding hydrogens is 236 g/mol. The minimum Gasteiger partial charge on any atom is -0.358 e. The fourth-order valence-electron chi connectivity index (χ4n) is 3.04. The highest BCUT2D eigenvalue weighted by Crippen LogP contribution is 2.23. The summed E-state index contributed by atoms with van der Waals surface area (Å²) >= 11 is 0. The Hall–Kier alpha value is -1.61. The maximum absolute atomic E-state index is 12.5. The molecule has 19 heavy (non-hydrogen) atoms. The molecule has 1 aromatic heterocycles. The number of aryl methyl sites for hydroxylation is 1. The summed E-state index contributed by atoms with van der Waals surface area (Å²) in [4.78, 5) is 18.1. The van der Waals surface area contributed by atoms with Crippen LogP contribution < -0.4 is 0 Å². The molecule has 0 aliphatic carbocycles. The molecule has 1 aromatic carbocycles. The van der Waals surface area contributed by atoms with Crippen molar-refractivity contribution in [2.24, 2.45) is 0 Å². The molecule has 100 valence electrons. The van der Waals surface area contributed by atoms with Crippen LogP contribution in [0.25, 0.3) is 10.9 Å². The first-order valence-electron chi connectivity index (χ1n) is 7.08. The number of ketones is 1. The third kappa shape index (κ3) is 2.43. The van der Waals surface area contributed by atoms with Gasteiger partial charge in [0.2, 0.25) is 0 Å². The molecule has 0 amide bonds. The lowest BCUT2D eigenvalue weighted by molar-refractivity contribution is 0.0917. The van der Waals surface area contributed by atoms with Crippen molar-refractivity contribution in [1.82, 2.24) is 9.88 Å². The number of hydrogen-bond donors (Lipinski definition) is 1. The lowest BCUT2D eigenvalue weighted by Crippen LogP contribution is -2.34. The van der Waals surface area contributed by atoms with Gasteiger partial charge in [-0.05, 0) is 38.9 Å². The summed E-state index contributed by atoms with van der Waals surface area (Å²) in [6.45, 7) is 4.67. The van der Waals surface area contributed by atoms with Crippen molar-refractivity contribution in [2.75, 3.05) is 19.6 Å². The highest BCUT2D eigenvalue weighted by atomic mass is 16.1. The predicted octanol–water partition coefficient (Wildman–Crippen LogP) is 3.14. The standard InChI is InChI=1S/C16H20N2O/c1-12-16(13-7-3-4-8-14(13)17-12)15(19)11-18-9-5-2-6-10-18/h3-4,7-8,17H,2,5-6,9-11H2,1H3. The van der Waals surface area contributed by atoms with E-state index in [9.17, 15) is 4.79 Å². The van der Waals surface area contributed by atoms with Crippen LogP contribution in [-0.2, 0) is 0 Å². The van der Waals surface area contributed by atoms with Crippen LogP contribution in [0, 0.1) is 6.92 Å². The first-order chi connectivity index (χ1) is 9.25. The lowest BCUT2D eigenvalue weighted by Gasteiger charge is -2.25. The van der Waals surface area contributed by atoms with Gasteiger partial charge >= 0.3 is 0 Å². The fourth-order valence-corrected chi connectivity index (χ4v) is 3.04. The van der Waals surface area contributed by atoms with Crippen molar-refractivity contribution in [3.05, 3.63) is 35.5 Å². The van der Waals surface area contributed by atoms with Crippen molar-refractivity contribution < 1.29 is 4.79 Å². The molecular formula is C16H20N2O. The predicted molar refractivity (Wildman–Crippen MR) is 77.7 cm³/mol. The molecule has 0 radical (unpaired) electrons. The number of aromatic nitrogens is 1. The number of fused-ring (bicyclic) bond motifs is 1. The van der Waals surface area contributed by atoms with Gasteiger partial charge in [0, 0.05) is 22.2 Å². The zero-order valence-corrected chi connectivity index (χ0v) is 11.4. The van der Waals surface area contributed by atoms with Gasteiger partial charge in [-0.25, -0.2) is 0 Å². The van der Waals surface area contributed by atoms with Gasteiger partial charge in [-0.3, -0.25) is 9.69 Å². The minimum absolute atomic E-state index is 0.247. The minimum atomic E-state index is 0.247. The molecule has 1 aliphatic heterocycles. The molecule has 2 aromatic rings. The Kier molecular flexibility index (Phi) is 3.38. The number of hydrogen-bond acceptors (Lipinski definition) is 2. The number of rotatable bonds is 3. The van der Waals surface area contributed by atoms with Gasteiger partial charge in [0.05, 0.1) is 6.54 Å². The average molecular weight is 256 g/mol. The Labute approximate surface area is 113 Å². The van der Waals surface area contributed by atoms with E-state index in [0.717, 1.165) is 35.2 Å². The molecule has 0 atom stereocenters. The molecule has 1 N–H and O–H groups in total. The molecule has 3 nitrogen and oxygen atoms in total. The van der Waals surface area contributed by atoms with Crippen LogP contribution in [-0.4, -0.2) is 35.3 Å². The molecule has 0 saturated carbocycles. The molecule has 0 bridgehead atoms. The van der Waals surface area contributed by atoms with Gasteiger partial charge in [0.15, 0.2) is 5.78 Å². The molecule has 0 spiro atoms. The largest absolute Gasteiger partial charge is 0.358 e. The molecule has 0 unspecified atom stereocenters. The second-order valence-corrected chi connectivity index (χ2v) is 5.43. The Morgan fingerprint density at radius 1 is 1.21 bits per heavy atom. The van der Waals surface area contributed by atoms with E-state index in [1.54, 1.807) is 0 Å². The van der Waals surface area contributed by atoms with Crippen molar-refractivity contribution in [2.45, 2.75) is 26.2 Å². The summed E-state index contributed by atoms with van der Waals surface area (Å²) in [6.07, 6.45) is 3.75. The number of Topliss-reactive ketones (excluding diaryl/α,β-unsaturated/α-hetero) is 1. The number of carbonyl (C=O) groups excluding carboxylic acids is 1. The fraction of sp³-hybridized carbons (Fsp3) is 0.438. The van der Waals surface area contributed by atoms with Crippen molar-refractivity contribution in [1.29, 1.82) is 0 Å². The van der Waals surface area contributed by atoms with Gasteiger partial charge in [0.1, 0.15) is 0 Å². The summed E-state index contributed by atoms with van der Waals surface area (Å²) in [5.41, 5.74) is 2.92. The number of H-pyrrole nitrogens is 1. The van der Waals surface area contributed by atoms with Crippen LogP contribution in [0.3, 0.4) is 0 Å². The van der Waals surface area contributed by atoms with Crippen molar-refractivity contribution in [3.63, 3.8) is 0 Å². The van der Waals surface area contributed by atoms with E-state index in [4.69, 9.17) is 0 Å². The molecule has 1 fully saturated rings. The van der Waals surface area contributed by atoms with E-state index < -0.39 is 0 Å². The van der Waals surface area contributed by atoms with Gasteiger partial charge in [-0.2, -0.15) is 0 Å². The average Bonchev–Trinajstić information content (AvgIpc) is 2.75. The van der Waals surface area contributed by atoms with E-state index in [0.29, 0.717) is 6.54 Å². The van der Waals surface area contributed by atoms with E-state index >= 15 is 0 Å². The number of likely N-dealkylation sites (tertiary alicyclic amines) is 1. The lowest BCUT2D eigenvalue weighted by atomic mass is 10.0. The molecule has 1 aliphatic rings. The first kappa shape index (κ1) is 12.4. The Bertz CT molecular complexity index is 594. The van der Waals surface area contributed by atoms with Crippen molar-refractivity contribution >= 4 is 16.7 Å². The second kappa shape index (κ2) is 5.17. The maximum atomic E-state index is 12.5. The summed E-state index contributed by atoms with van der Waals surface area (Å²) in [5.74, 6) is 0.247. The summed E-state index contributed by atoms with van der Waals surface area (Å²) in [7, 11) is 0. The highest BCUT2D eigenvalue weighted by Gasteiger charge is 2.19. The first-order valence-corrected chi connectivity index (χ1v) is 7.08. The van der Waals surface area contributed by atoms with E-state index in [1.165, 1.54) is 19.3 Å². The van der Waals surface area contributed by atoms with Crippen LogP contribution in [0.4, 0.5) is 0 Å². The Morgan fingerprint density at radius 3 is 2.74 bits per heavy atom. The van der Waals surface area contributed by atoms with Crippen LogP contribution in [0.1, 0.15) is 35.3 Å². The molecule has 1 saturated heterocycles. The number of nitrogens with zero attached hydrogens (tertiary/aromatic N) is 1. The molecule has 3 heteroatoms. The van der Waals surface area contributed by atoms with E-state index in [2.05, 4.69) is 9.88 Å². The normalized spacial score (nSPS) is 16.9. The van der Waals surface area contributed by atoms with E-state index in [1.807, 2.05) is 31.2 Å². The number of aromatic amines is 1. The molecule has 2 heterocycles. The second-order valence-electron chi connectivity index (χ2n) is 5.43. The number of benzene rings is 1. The van der Waals surface area contributed by atoms with Gasteiger partial charge in [-0.1, -0.05) is 24.6 Å². The van der Waals surface area contributed by atoms with Crippen LogP contribution in [0.2, 0.25) is 0 Å². The van der Waals surface area contributed by atoms with Gasteiger partial charge < -0.3 is 4.98 Å². The van der Waals surface area contributed by atoms with Crippen LogP contribution in [0.15, 0.2) is 24.3 Å². The van der Waals surface area contributed by atoms with Crippen LogP contribution in [0.5, 0.6) is 0 Å². The summed E-state index contributed by atoms with van der Waals surface area (Å²) < 4.78 is 0. The third-order valence-corrected chi connectivity index (χ3v) is 3.99. The SMILES string of the molecule is Cc1[nH]c2ccccc2c1C(=O)CN1CCCCC1. The Morgan fingerprint density at radius 2 is 1.95 bits per heavy atom. The monoisotopic (exact) mass is 256 g/mol. The smallest absolute Gasteiger partial charge is 0.179 e. The number of piperidine rings is 1. The maximum Gasteiger partial charge on any atom is 0.179 e. The number of carbonyl (C=O) groups is 1. The van der Waals surface area contributed by atoms with Gasteiger partial charge in [-0.15, -0.1) is 0 Å². The van der Waals surface area contributed by atoms with Crippen LogP contribution >= 0.6 is 0 Å². The van der Waals surface area contributed by atoms with Gasteiger partial charge in [0.25, 0.3) is 0 Å². The zero-order valence-electron chi connectivity index (χ0n) is 11.4. The Balaban J connectivity index is 1.86. The number of nitrogens with one attached hydrogen (secondary N) is 1. The topological polar surface area (TPSA) is 36.1 Å². The van der Waals surface area contributed by atoms with E-state index in [-0.39, 0.29) is 5.78 Å². The summed E-state index contributed by atoms with van der Waals surface area (Å²) in [5, 5.41) is 1.06. The summed E-state index contributed by atoms with van der Waals surface area (Å²) in [6, 6.07) is 8.05. The van der Waals surface area contributed by atoms with Crippen molar-refractivity contribution in [3.8, 4) is 0 Å².